The first kappa shape index (κ1) is 16.6. The minimum Gasteiger partial charge on any atom is -0.497 e. The molecule has 1 heterocycles. The number of urea groups is 1. The van der Waals surface area contributed by atoms with E-state index in [2.05, 4.69) is 5.32 Å². The van der Waals surface area contributed by atoms with Gasteiger partial charge in [0.2, 0.25) is 0 Å². The van der Waals surface area contributed by atoms with Crippen molar-refractivity contribution in [3.05, 3.63) is 29.8 Å². The largest absolute Gasteiger partial charge is 0.497 e. The van der Waals surface area contributed by atoms with Crippen LogP contribution in [0.4, 0.5) is 4.79 Å². The Morgan fingerprint density at radius 1 is 1.50 bits per heavy atom. The third-order valence-corrected chi connectivity index (χ3v) is 3.65. The van der Waals surface area contributed by atoms with Crippen LogP contribution in [0.5, 0.6) is 5.75 Å². The van der Waals surface area contributed by atoms with Crippen molar-refractivity contribution in [1.29, 1.82) is 0 Å². The highest BCUT2D eigenvalue weighted by Gasteiger charge is 2.23. The number of amides is 2. The number of nitrogens with zero attached hydrogens (tertiary/aromatic N) is 1. The van der Waals surface area contributed by atoms with E-state index in [4.69, 9.17) is 9.47 Å². The maximum absolute atomic E-state index is 12.4. The molecule has 22 heavy (non-hydrogen) atoms. The van der Waals surface area contributed by atoms with Crippen molar-refractivity contribution in [2.24, 2.45) is 0 Å². The Bertz CT molecular complexity index is 485. The second-order valence-electron chi connectivity index (χ2n) is 5.97. The van der Waals surface area contributed by atoms with E-state index in [1.807, 2.05) is 43.0 Å². The van der Waals surface area contributed by atoms with Crippen LogP contribution < -0.4 is 10.1 Å². The summed E-state index contributed by atoms with van der Waals surface area (Å²) in [6.07, 6.45) is 2.23. The summed E-state index contributed by atoms with van der Waals surface area (Å²) in [6, 6.07) is 7.89. The average Bonchev–Trinajstić information content (AvgIpc) is 2.99. The summed E-state index contributed by atoms with van der Waals surface area (Å²) in [6.45, 7) is 5.90. The van der Waals surface area contributed by atoms with Crippen LogP contribution >= 0.6 is 0 Å². The number of ether oxygens (including phenoxy) is 2. The van der Waals surface area contributed by atoms with Gasteiger partial charge in [-0.15, -0.1) is 0 Å². The van der Waals surface area contributed by atoms with Gasteiger partial charge in [-0.25, -0.2) is 4.79 Å². The van der Waals surface area contributed by atoms with Gasteiger partial charge in [0, 0.05) is 25.7 Å². The molecule has 0 aliphatic carbocycles. The summed E-state index contributed by atoms with van der Waals surface area (Å²) < 4.78 is 10.9. The van der Waals surface area contributed by atoms with E-state index in [1.165, 1.54) is 0 Å². The molecule has 0 bridgehead atoms. The Kier molecular flexibility index (Phi) is 6.07. The van der Waals surface area contributed by atoms with E-state index in [1.54, 1.807) is 7.11 Å². The molecule has 1 atom stereocenters. The van der Waals surface area contributed by atoms with Crippen LogP contribution in [0.1, 0.15) is 32.3 Å². The molecule has 0 saturated carbocycles. The van der Waals surface area contributed by atoms with E-state index < -0.39 is 0 Å². The van der Waals surface area contributed by atoms with E-state index in [0.29, 0.717) is 13.1 Å². The number of methoxy groups -OCH3 is 1. The third-order valence-electron chi connectivity index (χ3n) is 3.65. The van der Waals surface area contributed by atoms with Crippen LogP contribution in [-0.2, 0) is 11.3 Å². The molecule has 1 aromatic rings. The number of rotatable bonds is 6. The molecule has 0 unspecified atom stereocenters. The molecule has 5 nitrogen and oxygen atoms in total. The average molecular weight is 306 g/mol. The van der Waals surface area contributed by atoms with Crippen molar-refractivity contribution in [3.63, 3.8) is 0 Å². The fraction of sp³-hybridized carbons (Fsp3) is 0.588. The van der Waals surface area contributed by atoms with Crippen molar-refractivity contribution in [3.8, 4) is 5.75 Å². The quantitative estimate of drug-likeness (QED) is 0.879. The first-order chi connectivity index (χ1) is 10.6. The van der Waals surface area contributed by atoms with Crippen LogP contribution in [-0.4, -0.2) is 43.3 Å². The van der Waals surface area contributed by atoms with Crippen molar-refractivity contribution >= 4 is 6.03 Å². The molecule has 0 spiro atoms. The summed E-state index contributed by atoms with van der Waals surface area (Å²) in [5.74, 6) is 0.804. The molecule has 1 fully saturated rings. The minimum atomic E-state index is -0.0479. The number of carbonyl (C=O) groups is 1. The first-order valence-corrected chi connectivity index (χ1v) is 7.88. The van der Waals surface area contributed by atoms with Crippen molar-refractivity contribution in [2.75, 3.05) is 20.3 Å². The van der Waals surface area contributed by atoms with Crippen LogP contribution in [0.2, 0.25) is 0 Å². The molecule has 1 N–H and O–H groups in total. The van der Waals surface area contributed by atoms with Gasteiger partial charge < -0.3 is 19.7 Å². The lowest BCUT2D eigenvalue weighted by atomic mass is 10.2. The summed E-state index contributed by atoms with van der Waals surface area (Å²) in [4.78, 5) is 14.3. The lowest BCUT2D eigenvalue weighted by molar-refractivity contribution is 0.0791. The highest BCUT2D eigenvalue weighted by Crippen LogP contribution is 2.18. The Balaban J connectivity index is 2.06. The van der Waals surface area contributed by atoms with Crippen molar-refractivity contribution < 1.29 is 14.3 Å². The van der Waals surface area contributed by atoms with Gasteiger partial charge in [-0.1, -0.05) is 12.1 Å². The van der Waals surface area contributed by atoms with Gasteiger partial charge in [0.05, 0.1) is 13.2 Å². The molecule has 2 rings (SSSR count). The molecule has 122 valence electrons. The van der Waals surface area contributed by atoms with E-state index >= 15 is 0 Å². The summed E-state index contributed by atoms with van der Waals surface area (Å²) >= 11 is 0. The Morgan fingerprint density at radius 2 is 2.32 bits per heavy atom. The molecule has 1 saturated heterocycles. The topological polar surface area (TPSA) is 50.8 Å². The van der Waals surface area contributed by atoms with Gasteiger partial charge in [-0.3, -0.25) is 0 Å². The number of hydrogen-bond donors (Lipinski definition) is 1. The van der Waals surface area contributed by atoms with Crippen LogP contribution in [0, 0.1) is 0 Å². The predicted molar refractivity (Wildman–Crippen MR) is 86.0 cm³/mol. The first-order valence-electron chi connectivity index (χ1n) is 7.88. The zero-order chi connectivity index (χ0) is 15.9. The Morgan fingerprint density at radius 3 is 2.95 bits per heavy atom. The molecule has 0 radical (unpaired) electrons. The second-order valence-corrected chi connectivity index (χ2v) is 5.97. The molecule has 1 aromatic carbocycles. The van der Waals surface area contributed by atoms with Crippen molar-refractivity contribution in [1.82, 2.24) is 10.2 Å². The molecule has 1 aliphatic rings. The second kappa shape index (κ2) is 8.03. The van der Waals surface area contributed by atoms with Gasteiger partial charge >= 0.3 is 6.03 Å². The predicted octanol–water partition coefficient (Wildman–Crippen LogP) is 2.79. The van der Waals surface area contributed by atoms with E-state index in [9.17, 15) is 4.79 Å². The van der Waals surface area contributed by atoms with Crippen molar-refractivity contribution in [2.45, 2.75) is 45.4 Å². The number of benzene rings is 1. The molecular weight excluding hydrogens is 280 g/mol. The number of nitrogens with one attached hydrogen (secondary N) is 1. The van der Waals surface area contributed by atoms with Gasteiger partial charge in [-0.2, -0.15) is 0 Å². The number of hydrogen-bond acceptors (Lipinski definition) is 3. The molecule has 5 heteroatoms. The summed E-state index contributed by atoms with van der Waals surface area (Å²) in [5.41, 5.74) is 1.05. The SMILES string of the molecule is COc1cccc(CN(C[C@@H]2CCCO2)C(=O)NC(C)C)c1. The normalized spacial score (nSPS) is 17.5. The summed E-state index contributed by atoms with van der Waals surface area (Å²) in [5, 5.41) is 2.97. The standard InChI is InChI=1S/C17H26N2O3/c1-13(2)18-17(20)19(12-16-8-5-9-22-16)11-14-6-4-7-15(10-14)21-3/h4,6-7,10,13,16H,5,8-9,11-12H2,1-3H3,(H,18,20)/t16-/m0/s1. The third kappa shape index (κ3) is 4.91. The van der Waals surface area contributed by atoms with E-state index in [0.717, 1.165) is 30.8 Å². The van der Waals surface area contributed by atoms with E-state index in [-0.39, 0.29) is 18.2 Å². The monoisotopic (exact) mass is 306 g/mol. The number of carbonyl (C=O) groups excluding carboxylic acids is 1. The maximum Gasteiger partial charge on any atom is 0.317 e. The minimum absolute atomic E-state index is 0.0479. The molecular formula is C17H26N2O3. The summed E-state index contributed by atoms with van der Waals surface area (Å²) in [7, 11) is 1.65. The lowest BCUT2D eigenvalue weighted by Crippen LogP contribution is -2.45. The highest BCUT2D eigenvalue weighted by molar-refractivity contribution is 5.74. The van der Waals surface area contributed by atoms with Crippen LogP contribution in [0.3, 0.4) is 0 Å². The maximum atomic E-state index is 12.4. The highest BCUT2D eigenvalue weighted by atomic mass is 16.5. The van der Waals surface area contributed by atoms with Gasteiger partial charge in [0.15, 0.2) is 0 Å². The smallest absolute Gasteiger partial charge is 0.317 e. The molecule has 0 aromatic heterocycles. The van der Waals surface area contributed by atoms with Gasteiger partial charge in [-0.05, 0) is 44.4 Å². The Hall–Kier alpha value is -1.75. The van der Waals surface area contributed by atoms with Crippen LogP contribution in [0.25, 0.3) is 0 Å². The fourth-order valence-corrected chi connectivity index (χ4v) is 2.58. The molecule has 1 aliphatic heterocycles. The van der Waals surface area contributed by atoms with Gasteiger partial charge in [0.25, 0.3) is 0 Å². The zero-order valence-corrected chi connectivity index (χ0v) is 13.7. The van der Waals surface area contributed by atoms with Gasteiger partial charge in [0.1, 0.15) is 5.75 Å². The Labute approximate surface area is 132 Å². The molecule has 2 amide bonds. The fourth-order valence-electron chi connectivity index (χ4n) is 2.58. The lowest BCUT2D eigenvalue weighted by Gasteiger charge is -2.27. The zero-order valence-electron chi connectivity index (χ0n) is 13.7. The van der Waals surface area contributed by atoms with Crippen LogP contribution in [0.15, 0.2) is 24.3 Å².